The van der Waals surface area contributed by atoms with Crippen LogP contribution in [-0.4, -0.2) is 24.5 Å². The monoisotopic (exact) mass is 349 g/mol. The predicted octanol–water partition coefficient (Wildman–Crippen LogP) is 3.46. The van der Waals surface area contributed by atoms with E-state index in [-0.39, 0.29) is 24.4 Å². The Morgan fingerprint density at radius 2 is 1.81 bits per heavy atom. The maximum atomic E-state index is 12.3. The van der Waals surface area contributed by atoms with Crippen LogP contribution in [0.2, 0.25) is 0 Å². The number of ether oxygens (including phenoxy) is 1. The molecular weight excluding hydrogens is 326 g/mol. The van der Waals surface area contributed by atoms with E-state index in [1.165, 1.54) is 11.1 Å². The molecule has 0 saturated carbocycles. The van der Waals surface area contributed by atoms with Crippen LogP contribution in [0.15, 0.2) is 48.5 Å². The van der Waals surface area contributed by atoms with Crippen molar-refractivity contribution in [3.05, 3.63) is 65.2 Å². The molecule has 0 spiro atoms. The predicted molar refractivity (Wildman–Crippen MR) is 100 cm³/mol. The van der Waals surface area contributed by atoms with E-state index in [4.69, 9.17) is 4.74 Å². The highest BCUT2D eigenvalue weighted by Gasteiger charge is 2.23. The maximum absolute atomic E-state index is 12.3. The highest BCUT2D eigenvalue weighted by Crippen LogP contribution is 2.24. The molecule has 1 aliphatic heterocycles. The molecule has 1 amide bonds. The lowest BCUT2D eigenvalue weighted by Gasteiger charge is -2.24. The number of benzene rings is 2. The highest BCUT2D eigenvalue weighted by molar-refractivity contribution is 5.95. The third-order valence-corrected chi connectivity index (χ3v) is 5.27. The number of nitrogens with zero attached hydrogens (tertiary/aromatic N) is 1. The van der Waals surface area contributed by atoms with Gasteiger partial charge in [0.15, 0.2) is 0 Å². The Labute approximate surface area is 153 Å². The van der Waals surface area contributed by atoms with E-state index in [0.29, 0.717) is 6.42 Å². The number of aryl methyl sites for hydroxylation is 1. The van der Waals surface area contributed by atoms with Crippen LogP contribution in [0.5, 0.6) is 0 Å². The molecule has 134 valence electrons. The molecule has 1 unspecified atom stereocenters. The molecule has 1 fully saturated rings. The summed E-state index contributed by atoms with van der Waals surface area (Å²) in [5.74, 6) is -0.00544. The number of rotatable bonds is 4. The van der Waals surface area contributed by atoms with Crippen molar-refractivity contribution in [3.8, 4) is 0 Å². The van der Waals surface area contributed by atoms with Gasteiger partial charge in [0, 0.05) is 25.1 Å². The summed E-state index contributed by atoms with van der Waals surface area (Å²) in [5, 5.41) is 0. The van der Waals surface area contributed by atoms with Crippen molar-refractivity contribution in [2.75, 3.05) is 11.4 Å². The van der Waals surface area contributed by atoms with Crippen molar-refractivity contribution in [3.63, 3.8) is 0 Å². The van der Waals surface area contributed by atoms with E-state index >= 15 is 0 Å². The van der Waals surface area contributed by atoms with E-state index < -0.39 is 0 Å². The second-order valence-electron chi connectivity index (χ2n) is 7.12. The molecule has 0 aromatic heterocycles. The van der Waals surface area contributed by atoms with Crippen molar-refractivity contribution in [2.24, 2.45) is 0 Å². The largest absolute Gasteiger partial charge is 0.462 e. The Bertz CT molecular complexity index is 812. The van der Waals surface area contributed by atoms with Gasteiger partial charge < -0.3 is 9.64 Å². The van der Waals surface area contributed by atoms with Crippen LogP contribution in [0.1, 0.15) is 36.0 Å². The molecule has 4 heteroatoms. The molecule has 4 nitrogen and oxygen atoms in total. The summed E-state index contributed by atoms with van der Waals surface area (Å²) in [7, 11) is 0. The summed E-state index contributed by atoms with van der Waals surface area (Å²) < 4.78 is 5.70. The highest BCUT2D eigenvalue weighted by atomic mass is 16.5. The number of anilines is 1. The normalized spacial score (nSPS) is 19.3. The van der Waals surface area contributed by atoms with Crippen molar-refractivity contribution < 1.29 is 14.3 Å². The smallest absolute Gasteiger partial charge is 0.310 e. The Hall–Kier alpha value is -2.62. The fourth-order valence-electron chi connectivity index (χ4n) is 3.87. The Morgan fingerprint density at radius 3 is 2.54 bits per heavy atom. The van der Waals surface area contributed by atoms with Crippen LogP contribution in [0.3, 0.4) is 0 Å². The number of hydrogen-bond donors (Lipinski definition) is 0. The van der Waals surface area contributed by atoms with Gasteiger partial charge in [-0.1, -0.05) is 36.4 Å². The van der Waals surface area contributed by atoms with Gasteiger partial charge in [0.25, 0.3) is 0 Å². The molecule has 2 aliphatic rings. The van der Waals surface area contributed by atoms with Crippen LogP contribution in [0.25, 0.3) is 0 Å². The first-order valence-corrected chi connectivity index (χ1v) is 9.34. The first-order valence-electron chi connectivity index (χ1n) is 9.34. The zero-order valence-corrected chi connectivity index (χ0v) is 14.8. The molecule has 1 aliphatic carbocycles. The third-order valence-electron chi connectivity index (χ3n) is 5.27. The Balaban J connectivity index is 1.33. The van der Waals surface area contributed by atoms with Crippen LogP contribution in [0, 0.1) is 0 Å². The van der Waals surface area contributed by atoms with E-state index in [2.05, 4.69) is 18.2 Å². The first kappa shape index (κ1) is 16.8. The van der Waals surface area contributed by atoms with Gasteiger partial charge in [-0.25, -0.2) is 0 Å². The van der Waals surface area contributed by atoms with Crippen molar-refractivity contribution >= 4 is 17.6 Å². The zero-order chi connectivity index (χ0) is 17.9. The Morgan fingerprint density at radius 1 is 1.04 bits per heavy atom. The molecule has 2 aromatic carbocycles. The number of fused-ring (bicyclic) bond motifs is 1. The fourth-order valence-corrected chi connectivity index (χ4v) is 3.87. The van der Waals surface area contributed by atoms with Gasteiger partial charge in [0.2, 0.25) is 5.91 Å². The van der Waals surface area contributed by atoms with E-state index in [1.54, 1.807) is 0 Å². The van der Waals surface area contributed by atoms with E-state index in [9.17, 15) is 9.59 Å². The van der Waals surface area contributed by atoms with Gasteiger partial charge >= 0.3 is 5.97 Å². The van der Waals surface area contributed by atoms with Crippen LogP contribution in [0.4, 0.5) is 5.69 Å². The zero-order valence-electron chi connectivity index (χ0n) is 14.8. The molecule has 4 rings (SSSR count). The second-order valence-corrected chi connectivity index (χ2v) is 7.12. The lowest BCUT2D eigenvalue weighted by molar-refractivity contribution is -0.148. The van der Waals surface area contributed by atoms with Gasteiger partial charge in [-0.2, -0.15) is 0 Å². The number of carbonyl (C=O) groups is 2. The fraction of sp³-hybridized carbons (Fsp3) is 0.364. The van der Waals surface area contributed by atoms with Gasteiger partial charge in [-0.15, -0.1) is 0 Å². The average molecular weight is 349 g/mol. The van der Waals surface area contributed by atoms with Crippen molar-refractivity contribution in [1.82, 2.24) is 0 Å². The summed E-state index contributed by atoms with van der Waals surface area (Å²) in [6.07, 6.45) is 4.44. The minimum absolute atomic E-state index is 0.0288. The molecule has 0 N–H and O–H groups in total. The SMILES string of the molecule is O=C(Cc1ccc(N2CCCC2=O)cc1)OC1CCc2ccccc2C1. The Kier molecular flexibility index (Phi) is 4.74. The van der Waals surface area contributed by atoms with Gasteiger partial charge in [0.1, 0.15) is 6.10 Å². The summed E-state index contributed by atoms with van der Waals surface area (Å²) in [4.78, 5) is 25.9. The van der Waals surface area contributed by atoms with Crippen molar-refractivity contribution in [1.29, 1.82) is 0 Å². The molecule has 0 radical (unpaired) electrons. The lowest BCUT2D eigenvalue weighted by Crippen LogP contribution is -2.26. The topological polar surface area (TPSA) is 46.6 Å². The quantitative estimate of drug-likeness (QED) is 0.794. The van der Waals surface area contributed by atoms with Gasteiger partial charge in [0.05, 0.1) is 6.42 Å². The van der Waals surface area contributed by atoms with E-state index in [0.717, 1.165) is 43.5 Å². The summed E-state index contributed by atoms with van der Waals surface area (Å²) >= 11 is 0. The standard InChI is InChI=1S/C22H23NO3/c24-21-6-3-13-23(21)19-10-7-16(8-11-19)14-22(25)26-20-12-9-17-4-1-2-5-18(17)15-20/h1-2,4-5,7-8,10-11,20H,3,6,9,12-15H2. The number of carbonyl (C=O) groups excluding carboxylic acids is 2. The van der Waals surface area contributed by atoms with E-state index in [1.807, 2.05) is 35.2 Å². The van der Waals surface area contributed by atoms with Crippen LogP contribution < -0.4 is 4.90 Å². The minimum atomic E-state index is -0.181. The first-order chi connectivity index (χ1) is 12.7. The molecule has 26 heavy (non-hydrogen) atoms. The number of amides is 1. The minimum Gasteiger partial charge on any atom is -0.462 e. The molecular formula is C22H23NO3. The molecule has 2 aromatic rings. The summed E-state index contributed by atoms with van der Waals surface area (Å²) in [6, 6.07) is 16.0. The second kappa shape index (κ2) is 7.32. The number of hydrogen-bond acceptors (Lipinski definition) is 3. The van der Waals surface area contributed by atoms with Gasteiger partial charge in [-0.05, 0) is 48.1 Å². The molecule has 1 saturated heterocycles. The van der Waals surface area contributed by atoms with Crippen LogP contribution in [-0.2, 0) is 33.6 Å². The number of esters is 1. The van der Waals surface area contributed by atoms with Crippen LogP contribution >= 0.6 is 0 Å². The van der Waals surface area contributed by atoms with Gasteiger partial charge in [-0.3, -0.25) is 9.59 Å². The average Bonchev–Trinajstić information content (AvgIpc) is 3.08. The maximum Gasteiger partial charge on any atom is 0.310 e. The summed E-state index contributed by atoms with van der Waals surface area (Å²) in [5.41, 5.74) is 4.48. The molecule has 1 heterocycles. The summed E-state index contributed by atoms with van der Waals surface area (Å²) in [6.45, 7) is 0.781. The van der Waals surface area contributed by atoms with Crippen molar-refractivity contribution in [2.45, 2.75) is 44.6 Å². The lowest BCUT2D eigenvalue weighted by atomic mass is 9.90. The molecule has 0 bridgehead atoms. The third kappa shape index (κ3) is 3.64. The molecule has 1 atom stereocenters.